The van der Waals surface area contributed by atoms with Crippen molar-refractivity contribution in [3.63, 3.8) is 0 Å². The normalized spacial score (nSPS) is 17.7. The Hall–Kier alpha value is -3.13. The van der Waals surface area contributed by atoms with Crippen molar-refractivity contribution in [1.82, 2.24) is 9.71 Å². The van der Waals surface area contributed by atoms with Gasteiger partial charge in [-0.15, -0.1) is 0 Å². The molecule has 33 heavy (non-hydrogen) atoms. The number of hydrogen-bond acceptors (Lipinski definition) is 5. The summed E-state index contributed by atoms with van der Waals surface area (Å²) in [5.41, 5.74) is 4.55. The Morgan fingerprint density at radius 3 is 2.36 bits per heavy atom. The van der Waals surface area contributed by atoms with Crippen molar-refractivity contribution in [3.05, 3.63) is 102 Å². The lowest BCUT2D eigenvalue weighted by atomic mass is 10.1. The Balaban J connectivity index is 1.44. The molecule has 0 saturated carbocycles. The van der Waals surface area contributed by atoms with Crippen LogP contribution in [0.5, 0.6) is 0 Å². The molecule has 1 aromatic heterocycles. The number of sulfonamides is 1. The van der Waals surface area contributed by atoms with Gasteiger partial charge in [-0.25, -0.2) is 18.1 Å². The second-order valence-corrected chi connectivity index (χ2v) is 11.0. The summed E-state index contributed by atoms with van der Waals surface area (Å²) in [5.74, 6) is 0. The van der Waals surface area contributed by atoms with E-state index in [4.69, 9.17) is 4.42 Å². The van der Waals surface area contributed by atoms with Gasteiger partial charge >= 0.3 is 0 Å². The molecule has 0 spiro atoms. The van der Waals surface area contributed by atoms with Gasteiger partial charge in [-0.2, -0.15) is 0 Å². The summed E-state index contributed by atoms with van der Waals surface area (Å²) < 4.78 is 35.7. The molecule has 164 valence electrons. The monoisotopic (exact) mass is 472 g/mol. The number of aromatic nitrogens is 1. The Labute approximate surface area is 195 Å². The Morgan fingerprint density at radius 1 is 0.879 bits per heavy atom. The topological polar surface area (TPSA) is 72.2 Å². The molecule has 0 fully saturated rings. The Kier molecular flexibility index (Phi) is 4.79. The first-order chi connectivity index (χ1) is 16.0. The summed E-state index contributed by atoms with van der Waals surface area (Å²) in [4.78, 5) is 4.87. The number of fused-ring (bicyclic) bond motifs is 1. The highest BCUT2D eigenvalue weighted by atomic mass is 32.2. The highest BCUT2D eigenvalue weighted by Gasteiger charge is 2.38. The molecule has 5 nitrogen and oxygen atoms in total. The van der Waals surface area contributed by atoms with Crippen LogP contribution in [0.1, 0.15) is 28.0 Å². The molecule has 5 aromatic rings. The number of hydrogen-bond donors (Lipinski definition) is 1. The van der Waals surface area contributed by atoms with Gasteiger partial charge in [-0.1, -0.05) is 78.0 Å². The molecule has 1 N–H and O–H groups in total. The standard InChI is InChI=1S/C26H20N2O3S2/c1-16-12-14-18(15-13-16)33(29,30)28-24-19-8-4-6-17-7-5-9-20(23(17)19)25(24)32-26-27-21-10-2-3-11-22(21)31-26/h2-15,24-25,28H,1H3/t24-,25+/m1/s1. The number of para-hydroxylation sites is 2. The Morgan fingerprint density at radius 2 is 1.61 bits per heavy atom. The minimum Gasteiger partial charge on any atom is -0.431 e. The lowest BCUT2D eigenvalue weighted by molar-refractivity contribution is 0.485. The first kappa shape index (κ1) is 20.5. The third-order valence-corrected chi connectivity index (χ3v) is 8.64. The minimum atomic E-state index is -3.74. The van der Waals surface area contributed by atoms with E-state index < -0.39 is 16.1 Å². The van der Waals surface area contributed by atoms with Crippen LogP contribution in [0.25, 0.3) is 21.9 Å². The van der Waals surface area contributed by atoms with Crippen LogP contribution in [0.2, 0.25) is 0 Å². The largest absolute Gasteiger partial charge is 0.431 e. The molecule has 0 aliphatic heterocycles. The fourth-order valence-corrected chi connectivity index (χ4v) is 6.95. The first-order valence-electron chi connectivity index (χ1n) is 10.6. The number of oxazole rings is 1. The van der Waals surface area contributed by atoms with Crippen LogP contribution >= 0.6 is 11.8 Å². The maximum absolute atomic E-state index is 13.3. The van der Waals surface area contributed by atoms with E-state index in [0.29, 0.717) is 10.8 Å². The third kappa shape index (κ3) is 3.53. The van der Waals surface area contributed by atoms with Crippen LogP contribution < -0.4 is 4.72 Å². The Bertz CT molecular complexity index is 1570. The lowest BCUT2D eigenvalue weighted by Gasteiger charge is -2.21. The molecule has 0 radical (unpaired) electrons. The molecule has 7 heteroatoms. The van der Waals surface area contributed by atoms with E-state index in [0.717, 1.165) is 33.0 Å². The molecular formula is C26H20N2O3S2. The van der Waals surface area contributed by atoms with Crippen molar-refractivity contribution >= 4 is 43.7 Å². The minimum absolute atomic E-state index is 0.223. The molecule has 0 amide bonds. The van der Waals surface area contributed by atoms with Crippen molar-refractivity contribution in [1.29, 1.82) is 0 Å². The predicted molar refractivity (Wildman–Crippen MR) is 131 cm³/mol. The summed E-state index contributed by atoms with van der Waals surface area (Å²) in [7, 11) is -3.74. The van der Waals surface area contributed by atoms with E-state index in [1.807, 2.05) is 61.5 Å². The number of benzene rings is 4. The van der Waals surface area contributed by atoms with E-state index in [-0.39, 0.29) is 10.1 Å². The summed E-state index contributed by atoms with van der Waals surface area (Å²) >= 11 is 1.45. The van der Waals surface area contributed by atoms with Crippen molar-refractivity contribution < 1.29 is 12.8 Å². The van der Waals surface area contributed by atoms with Gasteiger partial charge in [0.05, 0.1) is 16.2 Å². The van der Waals surface area contributed by atoms with Gasteiger partial charge < -0.3 is 4.42 Å². The number of thioether (sulfide) groups is 1. The summed E-state index contributed by atoms with van der Waals surface area (Å²) in [6.45, 7) is 1.94. The molecular weight excluding hydrogens is 452 g/mol. The smallest absolute Gasteiger partial charge is 0.257 e. The molecule has 0 bridgehead atoms. The lowest BCUT2D eigenvalue weighted by Crippen LogP contribution is -2.30. The number of rotatable bonds is 5. The van der Waals surface area contributed by atoms with Crippen LogP contribution in [-0.2, 0) is 10.0 Å². The maximum atomic E-state index is 13.3. The van der Waals surface area contributed by atoms with Crippen LogP contribution in [0.4, 0.5) is 0 Å². The van der Waals surface area contributed by atoms with Gasteiger partial charge in [0.1, 0.15) is 5.52 Å². The zero-order valence-electron chi connectivity index (χ0n) is 17.7. The van der Waals surface area contributed by atoms with Crippen LogP contribution in [0.3, 0.4) is 0 Å². The molecule has 1 aliphatic carbocycles. The van der Waals surface area contributed by atoms with E-state index in [1.54, 1.807) is 12.1 Å². The summed E-state index contributed by atoms with van der Waals surface area (Å²) in [6, 6.07) is 26.2. The SMILES string of the molecule is Cc1ccc(S(=O)(=O)N[C@@H]2c3cccc4cccc(c34)[C@@H]2Sc2nc3ccccc3o2)cc1. The van der Waals surface area contributed by atoms with E-state index in [1.165, 1.54) is 11.8 Å². The number of nitrogens with one attached hydrogen (secondary N) is 1. The predicted octanol–water partition coefficient (Wildman–Crippen LogP) is 6.16. The fourth-order valence-electron chi connectivity index (χ4n) is 4.46. The summed E-state index contributed by atoms with van der Waals surface area (Å²) in [6.07, 6.45) is 0. The fraction of sp³-hybridized carbons (Fsp3) is 0.115. The molecule has 0 unspecified atom stereocenters. The van der Waals surface area contributed by atoms with E-state index in [9.17, 15) is 8.42 Å². The highest BCUT2D eigenvalue weighted by Crippen LogP contribution is 2.53. The maximum Gasteiger partial charge on any atom is 0.257 e. The average Bonchev–Trinajstić information content (AvgIpc) is 3.35. The van der Waals surface area contributed by atoms with Crippen LogP contribution in [0, 0.1) is 6.92 Å². The van der Waals surface area contributed by atoms with Gasteiger partial charge in [0, 0.05) is 0 Å². The van der Waals surface area contributed by atoms with Crippen molar-refractivity contribution in [3.8, 4) is 0 Å². The summed E-state index contributed by atoms with van der Waals surface area (Å²) in [5, 5.41) is 2.47. The molecule has 4 aromatic carbocycles. The second-order valence-electron chi connectivity index (χ2n) is 8.19. The van der Waals surface area contributed by atoms with Crippen molar-refractivity contribution in [2.45, 2.75) is 28.3 Å². The number of aryl methyl sites for hydroxylation is 1. The van der Waals surface area contributed by atoms with Gasteiger partial charge in [-0.05, 0) is 53.1 Å². The van der Waals surface area contributed by atoms with Crippen molar-refractivity contribution in [2.24, 2.45) is 0 Å². The molecule has 1 heterocycles. The van der Waals surface area contributed by atoms with E-state index in [2.05, 4.69) is 27.9 Å². The van der Waals surface area contributed by atoms with Crippen LogP contribution in [-0.4, -0.2) is 13.4 Å². The third-order valence-electron chi connectivity index (χ3n) is 6.03. The molecule has 6 rings (SSSR count). The quantitative estimate of drug-likeness (QED) is 0.332. The molecule has 1 aliphatic rings. The van der Waals surface area contributed by atoms with Crippen molar-refractivity contribution in [2.75, 3.05) is 0 Å². The second kappa shape index (κ2) is 7.73. The van der Waals surface area contributed by atoms with Gasteiger partial charge in [0.15, 0.2) is 5.58 Å². The highest BCUT2D eigenvalue weighted by molar-refractivity contribution is 7.99. The van der Waals surface area contributed by atoms with Crippen LogP contribution in [0.15, 0.2) is 99.5 Å². The van der Waals surface area contributed by atoms with Gasteiger partial charge in [0.2, 0.25) is 10.0 Å². The first-order valence-corrected chi connectivity index (χ1v) is 13.0. The molecule has 0 saturated heterocycles. The average molecular weight is 473 g/mol. The molecule has 2 atom stereocenters. The van der Waals surface area contributed by atoms with Gasteiger partial charge in [-0.3, -0.25) is 0 Å². The zero-order valence-corrected chi connectivity index (χ0v) is 19.4. The number of nitrogens with zero attached hydrogens (tertiary/aromatic N) is 1. The van der Waals surface area contributed by atoms with E-state index >= 15 is 0 Å². The zero-order chi connectivity index (χ0) is 22.6. The van der Waals surface area contributed by atoms with Gasteiger partial charge in [0.25, 0.3) is 5.22 Å².